The molecule has 2 atom stereocenters. The van der Waals surface area contributed by atoms with Crippen molar-refractivity contribution in [2.75, 3.05) is 18.4 Å². The highest BCUT2D eigenvalue weighted by Crippen LogP contribution is 2.29. The SMILES string of the molecule is O=C(Nc1nccc2ccccc12)[C@@H]1CNC[C@H]1c1ccccc1. The number of rotatable bonds is 3. The molecule has 4 rings (SSSR count). The number of amides is 1. The van der Waals surface area contributed by atoms with Crippen molar-refractivity contribution < 1.29 is 4.79 Å². The van der Waals surface area contributed by atoms with Crippen LogP contribution in [-0.4, -0.2) is 24.0 Å². The average molecular weight is 317 g/mol. The molecule has 1 aliphatic heterocycles. The quantitative estimate of drug-likeness (QED) is 0.780. The van der Waals surface area contributed by atoms with E-state index < -0.39 is 0 Å². The van der Waals surface area contributed by atoms with Crippen LogP contribution in [0.5, 0.6) is 0 Å². The molecule has 0 saturated carbocycles. The third kappa shape index (κ3) is 2.76. The molecule has 0 spiro atoms. The second kappa shape index (κ2) is 6.42. The second-order valence-electron chi connectivity index (χ2n) is 6.15. The zero-order valence-corrected chi connectivity index (χ0v) is 13.3. The number of nitrogens with one attached hydrogen (secondary N) is 2. The molecule has 2 aromatic carbocycles. The van der Waals surface area contributed by atoms with Crippen molar-refractivity contribution in [1.29, 1.82) is 0 Å². The van der Waals surface area contributed by atoms with Crippen molar-refractivity contribution in [3.63, 3.8) is 0 Å². The van der Waals surface area contributed by atoms with Crippen molar-refractivity contribution in [2.45, 2.75) is 5.92 Å². The van der Waals surface area contributed by atoms with Gasteiger partial charge < -0.3 is 10.6 Å². The third-order valence-electron chi connectivity index (χ3n) is 4.69. The number of benzene rings is 2. The highest BCUT2D eigenvalue weighted by molar-refractivity contribution is 6.01. The molecule has 0 unspecified atom stereocenters. The van der Waals surface area contributed by atoms with Crippen LogP contribution in [0.4, 0.5) is 5.82 Å². The van der Waals surface area contributed by atoms with Gasteiger partial charge >= 0.3 is 0 Å². The number of aromatic nitrogens is 1. The number of hydrogen-bond donors (Lipinski definition) is 2. The number of pyridine rings is 1. The maximum Gasteiger partial charge on any atom is 0.230 e. The zero-order valence-electron chi connectivity index (χ0n) is 13.3. The molecular formula is C20H19N3O. The zero-order chi connectivity index (χ0) is 16.4. The largest absolute Gasteiger partial charge is 0.315 e. The minimum absolute atomic E-state index is 0.0257. The Morgan fingerprint density at radius 1 is 1.00 bits per heavy atom. The van der Waals surface area contributed by atoms with E-state index in [4.69, 9.17) is 0 Å². The maximum absolute atomic E-state index is 12.9. The summed E-state index contributed by atoms with van der Waals surface area (Å²) in [4.78, 5) is 17.2. The van der Waals surface area contributed by atoms with Gasteiger partial charge in [0.1, 0.15) is 5.82 Å². The van der Waals surface area contributed by atoms with Crippen LogP contribution >= 0.6 is 0 Å². The van der Waals surface area contributed by atoms with Crippen LogP contribution in [0, 0.1) is 5.92 Å². The Morgan fingerprint density at radius 3 is 2.67 bits per heavy atom. The fourth-order valence-corrected chi connectivity index (χ4v) is 3.43. The van der Waals surface area contributed by atoms with Crippen LogP contribution in [0.3, 0.4) is 0 Å². The van der Waals surface area contributed by atoms with Crippen molar-refractivity contribution in [3.8, 4) is 0 Å². The van der Waals surface area contributed by atoms with Gasteiger partial charge in [-0.3, -0.25) is 4.79 Å². The molecule has 1 saturated heterocycles. The fraction of sp³-hybridized carbons (Fsp3) is 0.200. The molecule has 3 aromatic rings. The minimum atomic E-state index is -0.0897. The lowest BCUT2D eigenvalue weighted by Gasteiger charge is -2.18. The molecule has 0 bridgehead atoms. The predicted molar refractivity (Wildman–Crippen MR) is 95.9 cm³/mol. The van der Waals surface area contributed by atoms with Crippen LogP contribution in [-0.2, 0) is 4.79 Å². The van der Waals surface area contributed by atoms with E-state index in [1.54, 1.807) is 6.20 Å². The second-order valence-corrected chi connectivity index (χ2v) is 6.15. The summed E-state index contributed by atoms with van der Waals surface area (Å²) >= 11 is 0. The average Bonchev–Trinajstić information content (AvgIpc) is 3.13. The van der Waals surface area contributed by atoms with Gasteiger partial charge in [-0.25, -0.2) is 4.98 Å². The molecule has 1 amide bonds. The van der Waals surface area contributed by atoms with E-state index in [2.05, 4.69) is 27.8 Å². The smallest absolute Gasteiger partial charge is 0.230 e. The topological polar surface area (TPSA) is 54.0 Å². The third-order valence-corrected chi connectivity index (χ3v) is 4.69. The summed E-state index contributed by atoms with van der Waals surface area (Å²) in [6, 6.07) is 20.1. The lowest BCUT2D eigenvalue weighted by molar-refractivity contribution is -0.119. The number of hydrogen-bond acceptors (Lipinski definition) is 3. The van der Waals surface area contributed by atoms with Gasteiger partial charge in [-0.15, -0.1) is 0 Å². The summed E-state index contributed by atoms with van der Waals surface area (Å²) in [6.45, 7) is 1.52. The first-order valence-electron chi connectivity index (χ1n) is 8.23. The van der Waals surface area contributed by atoms with Crippen molar-refractivity contribution in [3.05, 3.63) is 72.4 Å². The predicted octanol–water partition coefficient (Wildman–Crippen LogP) is 3.18. The van der Waals surface area contributed by atoms with Crippen molar-refractivity contribution in [1.82, 2.24) is 10.3 Å². The number of carbonyl (C=O) groups excluding carboxylic acids is 1. The van der Waals surface area contributed by atoms with Gasteiger partial charge in [0, 0.05) is 30.6 Å². The standard InChI is InChI=1S/C20H19N3O/c24-20(18-13-21-12-17(18)14-6-2-1-3-7-14)23-19-16-9-5-4-8-15(16)10-11-22-19/h1-11,17-18,21H,12-13H2,(H,22,23,24)/t17-,18+/m0/s1. The van der Waals surface area contributed by atoms with Crippen LogP contribution in [0.1, 0.15) is 11.5 Å². The highest BCUT2D eigenvalue weighted by Gasteiger charge is 2.34. The molecule has 0 radical (unpaired) electrons. The normalized spacial score (nSPS) is 20.2. The van der Waals surface area contributed by atoms with Crippen LogP contribution in [0.25, 0.3) is 10.8 Å². The summed E-state index contributed by atoms with van der Waals surface area (Å²) in [5.41, 5.74) is 1.20. The molecule has 2 heterocycles. The monoisotopic (exact) mass is 317 g/mol. The van der Waals surface area contributed by atoms with E-state index in [0.29, 0.717) is 12.4 Å². The van der Waals surface area contributed by atoms with Crippen molar-refractivity contribution in [2.24, 2.45) is 5.92 Å². The first kappa shape index (κ1) is 14.8. The Hall–Kier alpha value is -2.72. The summed E-state index contributed by atoms with van der Waals surface area (Å²) in [5, 5.41) is 8.42. The summed E-state index contributed by atoms with van der Waals surface area (Å²) in [7, 11) is 0. The Morgan fingerprint density at radius 2 is 1.79 bits per heavy atom. The molecule has 1 aliphatic rings. The number of carbonyl (C=O) groups is 1. The van der Waals surface area contributed by atoms with Crippen molar-refractivity contribution >= 4 is 22.5 Å². The number of fused-ring (bicyclic) bond motifs is 1. The van der Waals surface area contributed by atoms with E-state index in [9.17, 15) is 4.79 Å². The maximum atomic E-state index is 12.9. The lowest BCUT2D eigenvalue weighted by atomic mass is 9.88. The Kier molecular flexibility index (Phi) is 3.97. The molecule has 1 fully saturated rings. The van der Waals surface area contributed by atoms with Gasteiger partial charge in [0.05, 0.1) is 5.92 Å². The first-order chi connectivity index (χ1) is 11.8. The van der Waals surface area contributed by atoms with Gasteiger partial charge in [0.25, 0.3) is 0 Å². The van der Waals surface area contributed by atoms with Gasteiger partial charge in [-0.1, -0.05) is 54.6 Å². The Balaban J connectivity index is 1.59. The van der Waals surface area contributed by atoms with Gasteiger partial charge in [0.15, 0.2) is 0 Å². The number of nitrogens with zero attached hydrogens (tertiary/aromatic N) is 1. The summed E-state index contributed by atoms with van der Waals surface area (Å²) in [5.74, 6) is 0.767. The van der Waals surface area contributed by atoms with Gasteiger partial charge in [-0.05, 0) is 17.0 Å². The van der Waals surface area contributed by atoms with E-state index in [1.165, 1.54) is 5.56 Å². The molecule has 4 heteroatoms. The fourth-order valence-electron chi connectivity index (χ4n) is 3.43. The van der Waals surface area contributed by atoms with Crippen LogP contribution in [0.2, 0.25) is 0 Å². The molecule has 2 N–H and O–H groups in total. The van der Waals surface area contributed by atoms with Gasteiger partial charge in [-0.2, -0.15) is 0 Å². The van der Waals surface area contributed by atoms with E-state index in [0.717, 1.165) is 17.3 Å². The van der Waals surface area contributed by atoms with E-state index >= 15 is 0 Å². The first-order valence-corrected chi connectivity index (χ1v) is 8.23. The molecule has 0 aliphatic carbocycles. The lowest BCUT2D eigenvalue weighted by Crippen LogP contribution is -2.28. The molecule has 120 valence electrons. The molecule has 1 aromatic heterocycles. The molecule has 4 nitrogen and oxygen atoms in total. The van der Waals surface area contributed by atoms with Gasteiger partial charge in [0.2, 0.25) is 5.91 Å². The molecular weight excluding hydrogens is 298 g/mol. The Labute approximate surface area is 140 Å². The van der Waals surface area contributed by atoms with Crippen LogP contribution in [0.15, 0.2) is 66.9 Å². The van der Waals surface area contributed by atoms with Crippen LogP contribution < -0.4 is 10.6 Å². The van der Waals surface area contributed by atoms with E-state index in [1.807, 2.05) is 48.5 Å². The molecule has 24 heavy (non-hydrogen) atoms. The number of anilines is 1. The highest BCUT2D eigenvalue weighted by atomic mass is 16.2. The Bertz CT molecular complexity index is 858. The summed E-state index contributed by atoms with van der Waals surface area (Å²) < 4.78 is 0. The minimum Gasteiger partial charge on any atom is -0.315 e. The van der Waals surface area contributed by atoms with E-state index in [-0.39, 0.29) is 17.7 Å². The summed E-state index contributed by atoms with van der Waals surface area (Å²) in [6.07, 6.45) is 1.74.